The van der Waals surface area contributed by atoms with Crippen molar-refractivity contribution in [3.8, 4) is 0 Å². The summed E-state index contributed by atoms with van der Waals surface area (Å²) in [6, 6.07) is 5.84. The number of rotatable bonds is 1. The number of aryl methyl sites for hydroxylation is 1. The minimum atomic E-state index is -0.157. The number of hydrogen-bond acceptors (Lipinski definition) is 2. The van der Waals surface area contributed by atoms with Crippen LogP contribution in [0.25, 0.3) is 10.9 Å². The number of carbonyl (C=O) groups excluding carboxylic acids is 1. The number of hydrogen-bond donors (Lipinski definition) is 1. The van der Waals surface area contributed by atoms with Crippen LogP contribution in [0.1, 0.15) is 42.0 Å². The minimum Gasteiger partial charge on any atom is -0.357 e. The van der Waals surface area contributed by atoms with Crippen LogP contribution >= 0.6 is 0 Å². The van der Waals surface area contributed by atoms with Gasteiger partial charge in [0.15, 0.2) is 5.43 Å². The summed E-state index contributed by atoms with van der Waals surface area (Å²) in [7, 11) is 0. The second kappa shape index (κ2) is 4.65. The van der Waals surface area contributed by atoms with E-state index in [0.717, 1.165) is 59.7 Å². The van der Waals surface area contributed by atoms with Gasteiger partial charge in [-0.1, -0.05) is 18.1 Å². The topological polar surface area (TPSA) is 49.9 Å². The molecule has 0 spiro atoms. The molecule has 0 saturated heterocycles. The van der Waals surface area contributed by atoms with Crippen molar-refractivity contribution in [2.75, 3.05) is 0 Å². The van der Waals surface area contributed by atoms with E-state index in [1.165, 1.54) is 0 Å². The highest BCUT2D eigenvalue weighted by Gasteiger charge is 2.22. The summed E-state index contributed by atoms with van der Waals surface area (Å²) in [4.78, 5) is 27.2. The SMILES string of the molecule is Cc1ccc2[nH]c3c(c(=O)c2c1)CCCC[C@@H]3C=O. The standard InChI is InChI=1S/C16H17NO2/c1-10-6-7-14-13(8-10)16(19)12-5-3-2-4-11(9-18)15(12)17-14/h6-9,11H,2-5H2,1H3,(H,17,19)/t11-/m1/s1. The van der Waals surface area contributed by atoms with Gasteiger partial charge in [0.1, 0.15) is 6.29 Å². The molecule has 1 aliphatic carbocycles. The number of H-pyrrole nitrogens is 1. The van der Waals surface area contributed by atoms with Crippen molar-refractivity contribution in [1.29, 1.82) is 0 Å². The molecule has 3 rings (SSSR count). The molecule has 0 amide bonds. The molecule has 98 valence electrons. The number of aldehydes is 1. The molecule has 1 aromatic carbocycles. The van der Waals surface area contributed by atoms with Crippen LogP contribution in [0.4, 0.5) is 0 Å². The molecule has 0 unspecified atom stereocenters. The largest absolute Gasteiger partial charge is 0.357 e. The van der Waals surface area contributed by atoms with Gasteiger partial charge in [-0.15, -0.1) is 0 Å². The molecule has 19 heavy (non-hydrogen) atoms. The highest BCUT2D eigenvalue weighted by molar-refractivity contribution is 5.81. The number of benzene rings is 1. The Morgan fingerprint density at radius 1 is 1.32 bits per heavy atom. The number of nitrogens with one attached hydrogen (secondary N) is 1. The van der Waals surface area contributed by atoms with Gasteiger partial charge in [-0.05, 0) is 38.3 Å². The molecule has 0 bridgehead atoms. The highest BCUT2D eigenvalue weighted by atomic mass is 16.1. The maximum absolute atomic E-state index is 12.6. The third-order valence-electron chi connectivity index (χ3n) is 4.02. The van der Waals surface area contributed by atoms with Crippen LogP contribution in [0, 0.1) is 6.92 Å². The van der Waals surface area contributed by atoms with Crippen molar-refractivity contribution in [2.45, 2.75) is 38.5 Å². The van der Waals surface area contributed by atoms with Crippen LogP contribution in [0.5, 0.6) is 0 Å². The van der Waals surface area contributed by atoms with Crippen LogP contribution < -0.4 is 5.43 Å². The Labute approximate surface area is 111 Å². The van der Waals surface area contributed by atoms with Gasteiger partial charge in [0.2, 0.25) is 0 Å². The smallest absolute Gasteiger partial charge is 0.192 e. The molecule has 1 heterocycles. The Morgan fingerprint density at radius 3 is 2.95 bits per heavy atom. The molecule has 1 aromatic heterocycles. The third kappa shape index (κ3) is 1.99. The summed E-state index contributed by atoms with van der Waals surface area (Å²) in [6.45, 7) is 1.98. The molecule has 3 heteroatoms. The summed E-state index contributed by atoms with van der Waals surface area (Å²) < 4.78 is 0. The van der Waals surface area contributed by atoms with Gasteiger partial charge in [-0.2, -0.15) is 0 Å². The number of aromatic amines is 1. The van der Waals surface area contributed by atoms with Gasteiger partial charge >= 0.3 is 0 Å². The lowest BCUT2D eigenvalue weighted by Crippen LogP contribution is -2.16. The summed E-state index contributed by atoms with van der Waals surface area (Å²) in [6.07, 6.45) is 4.57. The normalized spacial score (nSPS) is 18.9. The Hall–Kier alpha value is -1.90. The number of aromatic nitrogens is 1. The molecular weight excluding hydrogens is 238 g/mol. The Bertz CT molecular complexity index is 700. The fourth-order valence-corrected chi connectivity index (χ4v) is 2.97. The molecule has 0 saturated carbocycles. The van der Waals surface area contributed by atoms with E-state index in [1.807, 2.05) is 25.1 Å². The van der Waals surface area contributed by atoms with Crippen LogP contribution in [0.3, 0.4) is 0 Å². The molecule has 2 aromatic rings. The monoisotopic (exact) mass is 255 g/mol. The Kier molecular flexibility index (Phi) is 2.97. The molecule has 3 nitrogen and oxygen atoms in total. The van der Waals surface area contributed by atoms with Gasteiger partial charge in [-0.3, -0.25) is 4.79 Å². The predicted octanol–water partition coefficient (Wildman–Crippen LogP) is 2.85. The fourth-order valence-electron chi connectivity index (χ4n) is 2.97. The molecule has 1 aliphatic rings. The Balaban J connectivity index is 2.35. The lowest BCUT2D eigenvalue weighted by molar-refractivity contribution is -0.109. The van der Waals surface area contributed by atoms with E-state index in [4.69, 9.17) is 0 Å². The zero-order valence-electron chi connectivity index (χ0n) is 11.0. The summed E-state index contributed by atoms with van der Waals surface area (Å²) in [5.41, 5.74) is 3.67. The zero-order valence-corrected chi connectivity index (χ0v) is 11.0. The first-order valence-electron chi connectivity index (χ1n) is 6.81. The first kappa shape index (κ1) is 12.2. The fraction of sp³-hybridized carbons (Fsp3) is 0.375. The molecule has 1 N–H and O–H groups in total. The summed E-state index contributed by atoms with van der Waals surface area (Å²) >= 11 is 0. The van der Waals surface area contributed by atoms with Crippen LogP contribution in [-0.2, 0) is 11.2 Å². The molecule has 0 fully saturated rings. The minimum absolute atomic E-state index is 0.0983. The van der Waals surface area contributed by atoms with E-state index in [-0.39, 0.29) is 11.3 Å². The van der Waals surface area contributed by atoms with Gasteiger partial charge in [0.05, 0.1) is 5.92 Å². The van der Waals surface area contributed by atoms with E-state index >= 15 is 0 Å². The summed E-state index contributed by atoms with van der Waals surface area (Å²) in [5.74, 6) is -0.157. The average Bonchev–Trinajstić information content (AvgIpc) is 2.62. The van der Waals surface area contributed by atoms with Crippen molar-refractivity contribution >= 4 is 17.2 Å². The maximum Gasteiger partial charge on any atom is 0.192 e. The number of fused-ring (bicyclic) bond motifs is 2. The van der Waals surface area contributed by atoms with E-state index in [0.29, 0.717) is 0 Å². The van der Waals surface area contributed by atoms with E-state index in [1.54, 1.807) is 0 Å². The van der Waals surface area contributed by atoms with E-state index in [9.17, 15) is 9.59 Å². The molecule has 1 atom stereocenters. The maximum atomic E-state index is 12.6. The molecule has 0 radical (unpaired) electrons. The quantitative estimate of drug-likeness (QED) is 0.629. The van der Waals surface area contributed by atoms with Crippen molar-refractivity contribution in [2.24, 2.45) is 0 Å². The second-order valence-corrected chi connectivity index (χ2v) is 5.38. The average molecular weight is 255 g/mol. The van der Waals surface area contributed by atoms with Gasteiger partial charge in [0.25, 0.3) is 0 Å². The Morgan fingerprint density at radius 2 is 2.16 bits per heavy atom. The van der Waals surface area contributed by atoms with Crippen LogP contribution in [0.2, 0.25) is 0 Å². The van der Waals surface area contributed by atoms with Crippen molar-refractivity contribution in [1.82, 2.24) is 4.98 Å². The van der Waals surface area contributed by atoms with Gasteiger partial charge < -0.3 is 9.78 Å². The van der Waals surface area contributed by atoms with E-state index < -0.39 is 0 Å². The first-order valence-corrected chi connectivity index (χ1v) is 6.81. The van der Waals surface area contributed by atoms with Gasteiger partial charge in [-0.25, -0.2) is 0 Å². The van der Waals surface area contributed by atoms with E-state index in [2.05, 4.69) is 4.98 Å². The number of pyridine rings is 1. The second-order valence-electron chi connectivity index (χ2n) is 5.38. The third-order valence-corrected chi connectivity index (χ3v) is 4.02. The van der Waals surface area contributed by atoms with Crippen LogP contribution in [0.15, 0.2) is 23.0 Å². The highest BCUT2D eigenvalue weighted by Crippen LogP contribution is 2.27. The van der Waals surface area contributed by atoms with Gasteiger partial charge in [0, 0.05) is 22.2 Å². The number of carbonyl (C=O) groups is 1. The van der Waals surface area contributed by atoms with Crippen molar-refractivity contribution < 1.29 is 4.79 Å². The van der Waals surface area contributed by atoms with Crippen molar-refractivity contribution in [3.63, 3.8) is 0 Å². The lowest BCUT2D eigenvalue weighted by Gasteiger charge is -2.13. The predicted molar refractivity (Wildman–Crippen MR) is 75.7 cm³/mol. The van der Waals surface area contributed by atoms with Crippen molar-refractivity contribution in [3.05, 3.63) is 45.2 Å². The van der Waals surface area contributed by atoms with Crippen LogP contribution in [-0.4, -0.2) is 11.3 Å². The first-order chi connectivity index (χ1) is 9.20. The lowest BCUT2D eigenvalue weighted by atomic mass is 9.97. The molecule has 0 aliphatic heterocycles. The molecular formula is C16H17NO2. The zero-order chi connectivity index (χ0) is 13.4. The summed E-state index contributed by atoms with van der Waals surface area (Å²) in [5, 5.41) is 0.741.